The summed E-state index contributed by atoms with van der Waals surface area (Å²) in [6.45, 7) is 0.972. The molecule has 0 aliphatic carbocycles. The van der Waals surface area contributed by atoms with Gasteiger partial charge in [0.2, 0.25) is 5.91 Å². The van der Waals surface area contributed by atoms with Gasteiger partial charge in [-0.1, -0.05) is 23.8 Å². The van der Waals surface area contributed by atoms with E-state index in [9.17, 15) is 22.0 Å². The molecule has 1 unspecified atom stereocenters. The van der Waals surface area contributed by atoms with Gasteiger partial charge < -0.3 is 4.90 Å². The lowest BCUT2D eigenvalue weighted by Crippen LogP contribution is -2.53. The van der Waals surface area contributed by atoms with Crippen molar-refractivity contribution >= 4 is 54.0 Å². The van der Waals surface area contributed by atoms with Crippen LogP contribution in [0.25, 0.3) is 10.2 Å². The first-order chi connectivity index (χ1) is 15.7. The fraction of sp³-hybridized carbons (Fsp3) is 0.429. The molecule has 0 spiro atoms. The molecule has 3 heterocycles. The highest BCUT2D eigenvalue weighted by Gasteiger charge is 2.40. The highest BCUT2D eigenvalue weighted by Crippen LogP contribution is 2.34. The number of anilines is 1. The van der Waals surface area contributed by atoms with Gasteiger partial charge >= 0.3 is 0 Å². The number of amides is 1. The van der Waals surface area contributed by atoms with E-state index in [2.05, 4.69) is 4.98 Å². The number of thiophene rings is 1. The van der Waals surface area contributed by atoms with Crippen molar-refractivity contribution in [3.8, 4) is 0 Å². The highest BCUT2D eigenvalue weighted by molar-refractivity contribution is 7.91. The first kappa shape index (κ1) is 24.1. The van der Waals surface area contributed by atoms with E-state index < -0.39 is 33.6 Å². The number of nitrogens with zero attached hydrogens (tertiary/aromatic N) is 4. The molecule has 0 radical (unpaired) electrons. The van der Waals surface area contributed by atoms with Crippen LogP contribution < -0.4 is 4.90 Å². The smallest absolute Gasteiger partial charge is 0.253 e. The summed E-state index contributed by atoms with van der Waals surface area (Å²) in [5, 5.41) is 1.91. The summed E-state index contributed by atoms with van der Waals surface area (Å²) in [6.07, 6.45) is 1.77. The lowest BCUT2D eigenvalue weighted by atomic mass is 10.0. The molecule has 12 heteroatoms. The molecule has 3 aromatic rings. The number of thiazole rings is 1. The Balaban J connectivity index is 1.72. The average Bonchev–Trinajstić information content (AvgIpc) is 3.44. The van der Waals surface area contributed by atoms with Crippen LogP contribution in [-0.2, 0) is 14.8 Å². The van der Waals surface area contributed by atoms with Gasteiger partial charge in [0.15, 0.2) is 10.9 Å². The SMILES string of the molecule is CN(C)CCN(C(=O)C1CCCCN1S(=O)(=O)c1cccs1)c1nc2c(F)cc(F)cc2s1. The van der Waals surface area contributed by atoms with Gasteiger partial charge in [-0.25, -0.2) is 22.2 Å². The van der Waals surface area contributed by atoms with Crippen LogP contribution in [0.3, 0.4) is 0 Å². The molecular formula is C21H24F2N4O3S3. The fourth-order valence-corrected chi connectivity index (χ4v) is 7.61. The van der Waals surface area contributed by atoms with Crippen LogP contribution in [0.5, 0.6) is 0 Å². The van der Waals surface area contributed by atoms with E-state index in [-0.39, 0.29) is 32.6 Å². The summed E-state index contributed by atoms with van der Waals surface area (Å²) in [5.74, 6) is -1.93. The summed E-state index contributed by atoms with van der Waals surface area (Å²) in [4.78, 5) is 21.3. The Kier molecular flexibility index (Phi) is 7.10. The number of piperidine rings is 1. The van der Waals surface area contributed by atoms with Gasteiger partial charge in [-0.3, -0.25) is 9.69 Å². The first-order valence-electron chi connectivity index (χ1n) is 10.5. The van der Waals surface area contributed by atoms with Crippen molar-refractivity contribution < 1.29 is 22.0 Å². The maximum Gasteiger partial charge on any atom is 0.253 e. The molecule has 1 aliphatic rings. The molecule has 1 aromatic carbocycles. The van der Waals surface area contributed by atoms with Gasteiger partial charge in [-0.05, 0) is 44.4 Å². The number of benzene rings is 1. The summed E-state index contributed by atoms with van der Waals surface area (Å²) in [5.41, 5.74) is -0.00856. The third kappa shape index (κ3) is 4.94. The van der Waals surface area contributed by atoms with Crippen molar-refractivity contribution in [1.29, 1.82) is 0 Å². The molecule has 2 aromatic heterocycles. The third-order valence-corrected chi connectivity index (χ3v) is 9.77. The lowest BCUT2D eigenvalue weighted by molar-refractivity contribution is -0.123. The molecule has 0 bridgehead atoms. The fourth-order valence-electron chi connectivity index (χ4n) is 3.81. The Morgan fingerprint density at radius 1 is 1.24 bits per heavy atom. The highest BCUT2D eigenvalue weighted by atomic mass is 32.2. The van der Waals surface area contributed by atoms with Gasteiger partial charge in [0.05, 0.1) is 4.70 Å². The van der Waals surface area contributed by atoms with Crippen molar-refractivity contribution in [2.75, 3.05) is 38.6 Å². The molecule has 1 saturated heterocycles. The standard InChI is InChI=1S/C21H24F2N4O3S3/c1-25(2)9-10-26(21-24-19-15(23)12-14(22)13-17(19)32-21)20(28)16-6-3-4-8-27(16)33(29,30)18-7-5-11-31-18/h5,7,11-13,16H,3-4,6,8-10H2,1-2H3. The second-order valence-electron chi connectivity index (χ2n) is 8.08. The van der Waals surface area contributed by atoms with Gasteiger partial charge in [-0.2, -0.15) is 4.31 Å². The monoisotopic (exact) mass is 514 g/mol. The second-order valence-corrected chi connectivity index (χ2v) is 12.2. The summed E-state index contributed by atoms with van der Waals surface area (Å²) in [6, 6.07) is 4.25. The number of rotatable bonds is 7. The molecular weight excluding hydrogens is 490 g/mol. The van der Waals surface area contributed by atoms with E-state index in [1.54, 1.807) is 11.4 Å². The quantitative estimate of drug-likeness (QED) is 0.480. The molecule has 0 N–H and O–H groups in total. The zero-order chi connectivity index (χ0) is 23.8. The van der Waals surface area contributed by atoms with E-state index in [1.807, 2.05) is 19.0 Å². The minimum atomic E-state index is -3.83. The van der Waals surface area contributed by atoms with E-state index in [1.165, 1.54) is 21.3 Å². The molecule has 1 aliphatic heterocycles. The van der Waals surface area contributed by atoms with E-state index in [4.69, 9.17) is 0 Å². The maximum absolute atomic E-state index is 14.3. The molecule has 7 nitrogen and oxygen atoms in total. The van der Waals surface area contributed by atoms with Gasteiger partial charge in [0.25, 0.3) is 10.0 Å². The van der Waals surface area contributed by atoms with Crippen LogP contribution in [0.2, 0.25) is 0 Å². The number of halogens is 2. The van der Waals surface area contributed by atoms with Gasteiger partial charge in [0.1, 0.15) is 21.6 Å². The summed E-state index contributed by atoms with van der Waals surface area (Å²) >= 11 is 2.13. The number of hydrogen-bond acceptors (Lipinski definition) is 7. The first-order valence-corrected chi connectivity index (χ1v) is 13.6. The average molecular weight is 515 g/mol. The predicted molar refractivity (Wildman–Crippen MR) is 126 cm³/mol. The van der Waals surface area contributed by atoms with E-state index in [0.717, 1.165) is 28.7 Å². The topological polar surface area (TPSA) is 73.8 Å². The van der Waals surface area contributed by atoms with Crippen molar-refractivity contribution in [2.45, 2.75) is 29.5 Å². The molecule has 4 rings (SSSR count). The van der Waals surface area contributed by atoms with Crippen molar-refractivity contribution in [3.05, 3.63) is 41.3 Å². The summed E-state index contributed by atoms with van der Waals surface area (Å²) < 4.78 is 56.3. The lowest BCUT2D eigenvalue weighted by Gasteiger charge is -2.36. The molecule has 1 fully saturated rings. The molecule has 1 atom stereocenters. The number of carbonyl (C=O) groups is 1. The summed E-state index contributed by atoms with van der Waals surface area (Å²) in [7, 11) is -0.127. The van der Waals surface area contributed by atoms with Crippen molar-refractivity contribution in [1.82, 2.24) is 14.2 Å². The number of likely N-dealkylation sites (N-methyl/N-ethyl adjacent to an activating group) is 1. The zero-order valence-corrected chi connectivity index (χ0v) is 20.7. The Morgan fingerprint density at radius 2 is 2.03 bits per heavy atom. The van der Waals surface area contributed by atoms with Gasteiger partial charge in [0, 0.05) is 25.7 Å². The van der Waals surface area contributed by atoms with Crippen LogP contribution in [0.4, 0.5) is 13.9 Å². The molecule has 1 amide bonds. The minimum Gasteiger partial charge on any atom is -0.308 e. The second kappa shape index (κ2) is 9.71. The number of carbonyl (C=O) groups excluding carboxylic acids is 1. The van der Waals surface area contributed by atoms with Crippen LogP contribution in [0.1, 0.15) is 19.3 Å². The molecule has 178 valence electrons. The Bertz CT molecular complexity index is 1250. The maximum atomic E-state index is 14.3. The van der Waals surface area contributed by atoms with Gasteiger partial charge in [-0.15, -0.1) is 11.3 Å². The minimum absolute atomic E-state index is 0.00856. The Hall–Kier alpha value is -1.99. The van der Waals surface area contributed by atoms with E-state index in [0.29, 0.717) is 25.8 Å². The predicted octanol–water partition coefficient (Wildman–Crippen LogP) is 3.77. The third-order valence-electron chi connectivity index (χ3n) is 5.47. The van der Waals surface area contributed by atoms with Crippen LogP contribution in [-0.4, -0.2) is 68.3 Å². The largest absolute Gasteiger partial charge is 0.308 e. The van der Waals surface area contributed by atoms with Crippen LogP contribution in [0.15, 0.2) is 33.9 Å². The number of aromatic nitrogens is 1. The molecule has 33 heavy (non-hydrogen) atoms. The van der Waals surface area contributed by atoms with Crippen LogP contribution >= 0.6 is 22.7 Å². The number of hydrogen-bond donors (Lipinski definition) is 0. The zero-order valence-electron chi connectivity index (χ0n) is 18.2. The number of sulfonamides is 1. The van der Waals surface area contributed by atoms with Crippen molar-refractivity contribution in [3.63, 3.8) is 0 Å². The Morgan fingerprint density at radius 3 is 2.73 bits per heavy atom. The normalized spacial score (nSPS) is 17.7. The van der Waals surface area contributed by atoms with E-state index >= 15 is 0 Å². The molecule has 0 saturated carbocycles. The van der Waals surface area contributed by atoms with Crippen LogP contribution in [0, 0.1) is 11.6 Å². The Labute approximate surface area is 199 Å². The number of fused-ring (bicyclic) bond motifs is 1. The van der Waals surface area contributed by atoms with Crippen molar-refractivity contribution in [2.24, 2.45) is 0 Å².